The molecule has 20 aromatic carbocycles. The molecule has 0 spiro atoms. The Kier molecular flexibility index (Phi) is 17.3. The van der Waals surface area contributed by atoms with Crippen molar-refractivity contribution in [1.29, 1.82) is 0 Å². The molecule has 0 amide bonds. The van der Waals surface area contributed by atoms with E-state index in [-0.39, 0.29) is 10.8 Å². The summed E-state index contributed by atoms with van der Waals surface area (Å²) in [6.07, 6.45) is 0. The molecule has 0 saturated heterocycles. The zero-order chi connectivity index (χ0) is 80.2. The molecule has 120 heavy (non-hydrogen) atoms. The number of nitrogens with zero attached hydrogens (tertiary/aromatic N) is 2. The van der Waals surface area contributed by atoms with Crippen LogP contribution in [0.3, 0.4) is 0 Å². The summed E-state index contributed by atoms with van der Waals surface area (Å²) in [5, 5.41) is 9.60. The Morgan fingerprint density at radius 2 is 0.417 bits per heavy atom. The quantitative estimate of drug-likeness (QED) is 0.0944. The van der Waals surface area contributed by atoms with Gasteiger partial charge in [0.25, 0.3) is 0 Å². The minimum absolute atomic E-state index is 0.224. The van der Waals surface area contributed by atoms with Crippen LogP contribution in [0, 0.1) is 0 Å². The molecule has 566 valence electrons. The molecule has 2 heteroatoms. The lowest BCUT2D eigenvalue weighted by molar-refractivity contribution is 0.660. The van der Waals surface area contributed by atoms with E-state index < -0.39 is 0 Å². The maximum absolute atomic E-state index is 2.58. The second-order valence-electron chi connectivity index (χ2n) is 33.3. The Labute approximate surface area is 702 Å². The van der Waals surface area contributed by atoms with Gasteiger partial charge in [0.15, 0.2) is 0 Å². The van der Waals surface area contributed by atoms with Crippen LogP contribution in [0.25, 0.3) is 165 Å². The van der Waals surface area contributed by atoms with Gasteiger partial charge in [0.1, 0.15) is 0 Å². The number of rotatable bonds is 15. The highest BCUT2D eigenvalue weighted by Gasteiger charge is 2.39. The van der Waals surface area contributed by atoms with Crippen LogP contribution in [0.2, 0.25) is 0 Å². The first-order valence-electron chi connectivity index (χ1n) is 41.9. The summed E-state index contributed by atoms with van der Waals surface area (Å²) in [7, 11) is 0. The summed E-state index contributed by atoms with van der Waals surface area (Å²) < 4.78 is 0. The first kappa shape index (κ1) is 71.6. The first-order chi connectivity index (χ1) is 59.1. The van der Waals surface area contributed by atoms with Crippen LogP contribution in [0.4, 0.5) is 34.1 Å². The normalized spacial score (nSPS) is 12.8. The topological polar surface area (TPSA) is 6.48 Å². The van der Waals surface area contributed by atoms with Gasteiger partial charge in [-0.3, -0.25) is 0 Å². The van der Waals surface area contributed by atoms with Crippen LogP contribution in [-0.4, -0.2) is 0 Å². The third kappa shape index (κ3) is 12.0. The van der Waals surface area contributed by atoms with Crippen molar-refractivity contribution in [3.63, 3.8) is 0 Å². The van der Waals surface area contributed by atoms with Gasteiger partial charge in [-0.05, 0) is 233 Å². The van der Waals surface area contributed by atoms with Gasteiger partial charge in [-0.2, -0.15) is 0 Å². The van der Waals surface area contributed by atoms with Gasteiger partial charge in [-0.1, -0.05) is 398 Å². The molecule has 2 aliphatic carbocycles. The zero-order valence-corrected chi connectivity index (χ0v) is 67.5. The lowest BCUT2D eigenvalue weighted by Gasteiger charge is -2.32. The first-order valence-corrected chi connectivity index (χ1v) is 41.9. The van der Waals surface area contributed by atoms with Gasteiger partial charge in [-0.25, -0.2) is 0 Å². The zero-order valence-electron chi connectivity index (χ0n) is 67.5. The lowest BCUT2D eigenvalue weighted by Crippen LogP contribution is -2.17. The highest BCUT2D eigenvalue weighted by Crippen LogP contribution is 2.58. The van der Waals surface area contributed by atoms with Crippen LogP contribution >= 0.6 is 0 Å². The van der Waals surface area contributed by atoms with Crippen LogP contribution < -0.4 is 9.80 Å². The summed E-state index contributed by atoms with van der Waals surface area (Å²) >= 11 is 0. The lowest BCUT2D eigenvalue weighted by atomic mass is 9.82. The molecule has 0 saturated carbocycles. The summed E-state index contributed by atoms with van der Waals surface area (Å²) in [6.45, 7) is 9.55. The van der Waals surface area contributed by atoms with Gasteiger partial charge in [0.05, 0.1) is 11.4 Å². The predicted molar refractivity (Wildman–Crippen MR) is 510 cm³/mol. The standard InChI is InChI=1S/C118H84N2/c1-117(2)109-53-27-25-47-99(109)101-69-65-91(75-111(101)117)119(115-105-51-23-19-45-97(105)95-43-17-21-49-103(95)113(115)87-41-29-39-84(71-87)77-31-9-5-10-32-77)89-62-59-83(60-63-89)93-67-61-86(73-107(93)81-35-13-7-14-36-81)79-57-55-78(56-58-79)85-40-30-42-88(72-85)114-104-50-22-18-44-96(104)98-46-20-24-52-106(98)116(114)120(92-66-70-102-100-48-26-28-54-110(100)118(3,4)112(102)76-92)90-64-68-94(80-33-11-6-12-34-80)108(74-90)82-37-15-8-16-38-82/h5-76H,1-4H3. The summed E-state index contributed by atoms with van der Waals surface area (Å²) in [6, 6.07) is 163. The van der Waals surface area contributed by atoms with Crippen LogP contribution in [0.5, 0.6) is 0 Å². The van der Waals surface area contributed by atoms with Gasteiger partial charge >= 0.3 is 0 Å². The summed E-state index contributed by atoms with van der Waals surface area (Å²) in [4.78, 5) is 5.14. The minimum atomic E-state index is -0.234. The van der Waals surface area contributed by atoms with E-state index in [1.165, 1.54) is 132 Å². The average Bonchev–Trinajstić information content (AvgIpc) is 1.29. The molecule has 0 unspecified atom stereocenters. The van der Waals surface area contributed by atoms with Crippen molar-refractivity contribution < 1.29 is 0 Å². The fraction of sp³-hybridized carbons (Fsp3) is 0.0508. The average molecular weight is 1530 g/mol. The molecule has 0 heterocycles. The largest absolute Gasteiger partial charge is 0.309 e. The van der Waals surface area contributed by atoms with Crippen LogP contribution in [0.1, 0.15) is 49.9 Å². The highest BCUT2D eigenvalue weighted by atomic mass is 15.2. The third-order valence-electron chi connectivity index (χ3n) is 25.8. The van der Waals surface area contributed by atoms with E-state index in [4.69, 9.17) is 0 Å². The molecular formula is C118H84N2. The molecular weight excluding hydrogens is 1450 g/mol. The fourth-order valence-corrected chi connectivity index (χ4v) is 20.0. The van der Waals surface area contributed by atoms with Crippen molar-refractivity contribution in [3.05, 3.63) is 459 Å². The molecule has 2 nitrogen and oxygen atoms in total. The second-order valence-corrected chi connectivity index (χ2v) is 33.3. The van der Waals surface area contributed by atoms with E-state index in [1.54, 1.807) is 0 Å². The van der Waals surface area contributed by atoms with Crippen molar-refractivity contribution in [2.24, 2.45) is 0 Å². The molecule has 0 bridgehead atoms. The molecule has 0 aliphatic heterocycles. The van der Waals surface area contributed by atoms with Crippen LogP contribution in [-0.2, 0) is 10.8 Å². The molecule has 0 atom stereocenters. The molecule has 0 aromatic heterocycles. The molecule has 0 fully saturated rings. The van der Waals surface area contributed by atoms with Crippen LogP contribution in [0.15, 0.2) is 437 Å². The smallest absolute Gasteiger partial charge is 0.0624 e. The Morgan fingerprint density at radius 3 is 0.867 bits per heavy atom. The maximum Gasteiger partial charge on any atom is 0.0624 e. The van der Waals surface area contributed by atoms with E-state index in [0.717, 1.165) is 89.8 Å². The third-order valence-corrected chi connectivity index (χ3v) is 25.8. The number of hydrogen-bond donors (Lipinski definition) is 0. The van der Waals surface area contributed by atoms with Gasteiger partial charge in [0.2, 0.25) is 0 Å². The molecule has 22 rings (SSSR count). The number of benzene rings is 20. The van der Waals surface area contributed by atoms with Gasteiger partial charge in [-0.15, -0.1) is 0 Å². The molecule has 2 aliphatic rings. The molecule has 0 N–H and O–H groups in total. The maximum atomic E-state index is 2.58. The van der Waals surface area contributed by atoms with Crippen molar-refractivity contribution in [1.82, 2.24) is 0 Å². The Morgan fingerprint density at radius 1 is 0.150 bits per heavy atom. The fourth-order valence-electron chi connectivity index (χ4n) is 20.0. The molecule has 0 radical (unpaired) electrons. The number of fused-ring (bicyclic) bond motifs is 12. The second kappa shape index (κ2) is 29.0. The number of anilines is 6. The number of hydrogen-bond acceptors (Lipinski definition) is 2. The van der Waals surface area contributed by atoms with E-state index in [2.05, 4.69) is 474 Å². The van der Waals surface area contributed by atoms with E-state index >= 15 is 0 Å². The van der Waals surface area contributed by atoms with Gasteiger partial charge in [0, 0.05) is 55.5 Å². The van der Waals surface area contributed by atoms with E-state index in [0.29, 0.717) is 0 Å². The van der Waals surface area contributed by atoms with E-state index in [9.17, 15) is 0 Å². The van der Waals surface area contributed by atoms with Crippen molar-refractivity contribution in [2.45, 2.75) is 38.5 Å². The van der Waals surface area contributed by atoms with E-state index in [1.807, 2.05) is 0 Å². The molecule has 20 aromatic rings. The predicted octanol–water partition coefficient (Wildman–Crippen LogP) is 32.9. The minimum Gasteiger partial charge on any atom is -0.309 e. The Hall–Kier alpha value is -15.0. The van der Waals surface area contributed by atoms with Gasteiger partial charge < -0.3 is 9.80 Å². The SMILES string of the molecule is CC1(C)c2ccccc2-c2ccc(N(c3ccc(-c4ccc(-c5ccc(-c6cccc(-c7c(N(c8ccc(-c9ccccc9)c(-c9ccccc9)c8)c8ccc9c(c8)C(C)(C)c8ccccc8-9)c8ccccc8c8ccccc78)c6)cc5)cc4-c4ccccc4)cc3)c3c(-c4cccc(-c5ccccc5)c4)c4ccccc4c4ccccc34)cc21. The van der Waals surface area contributed by atoms with Crippen molar-refractivity contribution in [2.75, 3.05) is 9.80 Å². The summed E-state index contributed by atoms with van der Waals surface area (Å²) in [5.74, 6) is 0. The Balaban J connectivity index is 0.663. The Bertz CT molecular complexity index is 7420. The monoisotopic (exact) mass is 1530 g/mol. The van der Waals surface area contributed by atoms with Crippen molar-refractivity contribution >= 4 is 77.2 Å². The van der Waals surface area contributed by atoms with Crippen molar-refractivity contribution in [3.8, 4) is 122 Å². The highest BCUT2D eigenvalue weighted by molar-refractivity contribution is 6.24. The summed E-state index contributed by atoms with van der Waals surface area (Å²) in [5.41, 5.74) is 37.6.